The molecule has 0 rings (SSSR count). The molecule has 0 aromatic rings. The molecule has 0 spiro atoms. The van der Waals surface area contributed by atoms with Crippen LogP contribution in [0.5, 0.6) is 0 Å². The summed E-state index contributed by atoms with van der Waals surface area (Å²) in [5, 5.41) is 0. The molecule has 0 aromatic heterocycles. The number of unbranched alkanes of at least 4 members (excludes halogenated alkanes) is 1. The van der Waals surface area contributed by atoms with Crippen LogP contribution in [0.1, 0.15) is 12.8 Å². The van der Waals surface area contributed by atoms with Gasteiger partial charge in [0.1, 0.15) is 0 Å². The molecule has 6 heteroatoms. The maximum Gasteiger partial charge on any atom is 0.469 e. The van der Waals surface area contributed by atoms with Crippen LogP contribution in [0.2, 0.25) is 0 Å². The van der Waals surface area contributed by atoms with Crippen LogP contribution < -0.4 is 0 Å². The molecule has 0 aromatic carbocycles. The molecule has 0 aliphatic heterocycles. The number of hydrogen-bond acceptors (Lipinski definition) is 2. The molecule has 0 radical (unpaired) electrons. The molecular weight excluding hydrogens is 174 g/mol. The molecule has 0 aliphatic rings. The molecule has 0 heterocycles. The number of hydrogen-bond donors (Lipinski definition) is 2. The monoisotopic (exact) mass is 184 g/mol. The molecule has 0 bridgehead atoms. The van der Waals surface area contributed by atoms with Crippen molar-refractivity contribution in [2.45, 2.75) is 12.8 Å². The summed E-state index contributed by atoms with van der Waals surface area (Å²) in [6, 6.07) is 0. The molecule has 2 N–H and O–H groups in total. The van der Waals surface area contributed by atoms with E-state index in [2.05, 4.69) is 4.52 Å². The van der Waals surface area contributed by atoms with E-state index < -0.39 is 7.82 Å². The van der Waals surface area contributed by atoms with E-state index in [1.165, 1.54) is 6.08 Å². The zero-order chi connectivity index (χ0) is 8.74. The van der Waals surface area contributed by atoms with Gasteiger partial charge in [-0.3, -0.25) is 4.52 Å². The van der Waals surface area contributed by atoms with Crippen molar-refractivity contribution in [1.82, 2.24) is 0 Å². The molecule has 4 nitrogen and oxygen atoms in total. The lowest BCUT2D eigenvalue weighted by Crippen LogP contribution is -1.90. The van der Waals surface area contributed by atoms with Crippen molar-refractivity contribution >= 4 is 7.82 Å². The Morgan fingerprint density at radius 3 is 2.64 bits per heavy atom. The highest BCUT2D eigenvalue weighted by Gasteiger charge is 2.11. The lowest BCUT2D eigenvalue weighted by Gasteiger charge is -2.02. The van der Waals surface area contributed by atoms with E-state index in [0.29, 0.717) is 19.2 Å². The van der Waals surface area contributed by atoms with Gasteiger partial charge >= 0.3 is 7.82 Å². The predicted octanol–water partition coefficient (Wildman–Crippen LogP) is 1.36. The first-order valence-corrected chi connectivity index (χ1v) is 4.54. The largest absolute Gasteiger partial charge is 0.469 e. The highest BCUT2D eigenvalue weighted by Crippen LogP contribution is 2.35. The first kappa shape index (κ1) is 10.8. The van der Waals surface area contributed by atoms with Gasteiger partial charge < -0.3 is 9.79 Å². The summed E-state index contributed by atoms with van der Waals surface area (Å²) in [6.45, 7) is -0.0609. The maximum atomic E-state index is 11.3. The zero-order valence-corrected chi connectivity index (χ0v) is 6.71. The Bertz CT molecular complexity index is 164. The van der Waals surface area contributed by atoms with Crippen LogP contribution in [-0.2, 0) is 9.09 Å². The predicted molar refractivity (Wildman–Crippen MR) is 37.5 cm³/mol. The standard InChI is InChI=1S/C5H10FO4P/c6-4-2-1-3-5-10-11(7,8)9/h2,4H,1,3,5H2,(H2,7,8,9). The number of phosphoric acid groups is 1. The second-order valence-electron chi connectivity index (χ2n) is 1.83. The van der Waals surface area contributed by atoms with E-state index in [0.717, 1.165) is 0 Å². The Morgan fingerprint density at radius 1 is 1.55 bits per heavy atom. The summed E-state index contributed by atoms with van der Waals surface area (Å²) >= 11 is 0. The van der Waals surface area contributed by atoms with Crippen LogP contribution in [0.15, 0.2) is 12.4 Å². The molecule has 0 atom stereocenters. The second kappa shape index (κ2) is 5.43. The maximum absolute atomic E-state index is 11.3. The smallest absolute Gasteiger partial charge is 0.303 e. The normalized spacial score (nSPS) is 12.6. The van der Waals surface area contributed by atoms with E-state index in [-0.39, 0.29) is 6.61 Å². The van der Waals surface area contributed by atoms with Gasteiger partial charge in [0.15, 0.2) is 0 Å². The molecule has 0 saturated heterocycles. The molecule has 0 unspecified atom stereocenters. The number of phosphoric ester groups is 1. The van der Waals surface area contributed by atoms with Crippen LogP contribution in [0.25, 0.3) is 0 Å². The summed E-state index contributed by atoms with van der Waals surface area (Å²) in [4.78, 5) is 16.3. The van der Waals surface area contributed by atoms with Crippen molar-refractivity contribution in [2.75, 3.05) is 6.61 Å². The van der Waals surface area contributed by atoms with E-state index in [1.54, 1.807) is 0 Å². The summed E-state index contributed by atoms with van der Waals surface area (Å²) in [6.07, 6.45) is 2.45. The second-order valence-corrected chi connectivity index (χ2v) is 3.07. The van der Waals surface area contributed by atoms with E-state index >= 15 is 0 Å². The van der Waals surface area contributed by atoms with E-state index in [9.17, 15) is 8.96 Å². The van der Waals surface area contributed by atoms with Gasteiger partial charge in [0, 0.05) is 0 Å². The molecule has 0 aliphatic carbocycles. The zero-order valence-electron chi connectivity index (χ0n) is 5.81. The van der Waals surface area contributed by atoms with Crippen molar-refractivity contribution in [1.29, 1.82) is 0 Å². The third kappa shape index (κ3) is 9.78. The van der Waals surface area contributed by atoms with E-state index in [1.807, 2.05) is 0 Å². The van der Waals surface area contributed by atoms with Crippen LogP contribution in [0.3, 0.4) is 0 Å². The van der Waals surface area contributed by atoms with Gasteiger partial charge in [-0.25, -0.2) is 8.96 Å². The van der Waals surface area contributed by atoms with Gasteiger partial charge in [-0.05, 0) is 12.8 Å². The van der Waals surface area contributed by atoms with Gasteiger partial charge in [0.05, 0.1) is 12.9 Å². The lowest BCUT2D eigenvalue weighted by molar-refractivity contribution is 0.195. The first-order chi connectivity index (χ1) is 5.06. The minimum atomic E-state index is -4.33. The van der Waals surface area contributed by atoms with E-state index in [4.69, 9.17) is 9.79 Å². The molecule has 0 saturated carbocycles. The summed E-state index contributed by atoms with van der Waals surface area (Å²) in [5.41, 5.74) is 0. The van der Waals surface area contributed by atoms with Crippen LogP contribution in [0.4, 0.5) is 4.39 Å². The average molecular weight is 184 g/mol. The number of rotatable bonds is 5. The minimum absolute atomic E-state index is 0.0609. The quantitative estimate of drug-likeness (QED) is 0.500. The molecule has 11 heavy (non-hydrogen) atoms. The third-order valence-corrected chi connectivity index (χ3v) is 1.38. The Labute approximate surface area is 63.9 Å². The van der Waals surface area contributed by atoms with Gasteiger partial charge in [0.25, 0.3) is 0 Å². The van der Waals surface area contributed by atoms with Crippen molar-refractivity contribution < 1.29 is 23.3 Å². The topological polar surface area (TPSA) is 66.8 Å². The van der Waals surface area contributed by atoms with Crippen LogP contribution in [0, 0.1) is 0 Å². The van der Waals surface area contributed by atoms with Crippen molar-refractivity contribution in [3.8, 4) is 0 Å². The Hall–Kier alpha value is -0.220. The lowest BCUT2D eigenvalue weighted by atomic mass is 10.3. The van der Waals surface area contributed by atoms with Crippen molar-refractivity contribution in [2.24, 2.45) is 0 Å². The van der Waals surface area contributed by atoms with Gasteiger partial charge in [-0.2, -0.15) is 0 Å². The average Bonchev–Trinajstić information content (AvgIpc) is 1.85. The highest BCUT2D eigenvalue weighted by atomic mass is 31.2. The van der Waals surface area contributed by atoms with Gasteiger partial charge in [-0.1, -0.05) is 6.08 Å². The van der Waals surface area contributed by atoms with Crippen LogP contribution >= 0.6 is 7.82 Å². The molecular formula is C5H10FO4P. The fourth-order valence-electron chi connectivity index (χ4n) is 0.448. The van der Waals surface area contributed by atoms with Gasteiger partial charge in [0.2, 0.25) is 0 Å². The van der Waals surface area contributed by atoms with Gasteiger partial charge in [-0.15, -0.1) is 0 Å². The fraction of sp³-hybridized carbons (Fsp3) is 0.600. The Balaban J connectivity index is 3.22. The number of allylic oxidation sites excluding steroid dienone is 1. The molecule has 0 fully saturated rings. The Morgan fingerprint density at radius 2 is 2.18 bits per heavy atom. The molecule has 0 amide bonds. The fourth-order valence-corrected chi connectivity index (χ4v) is 0.815. The van der Waals surface area contributed by atoms with Crippen molar-refractivity contribution in [3.63, 3.8) is 0 Å². The third-order valence-electron chi connectivity index (χ3n) is 0.864. The van der Waals surface area contributed by atoms with Crippen LogP contribution in [-0.4, -0.2) is 16.4 Å². The summed E-state index contributed by atoms with van der Waals surface area (Å²) in [5.74, 6) is 0. The Kier molecular flexibility index (Phi) is 5.32. The first-order valence-electron chi connectivity index (χ1n) is 3.01. The number of halogens is 1. The highest BCUT2D eigenvalue weighted by molar-refractivity contribution is 7.46. The summed E-state index contributed by atoms with van der Waals surface area (Å²) < 4.78 is 25.4. The van der Waals surface area contributed by atoms with Crippen molar-refractivity contribution in [3.05, 3.63) is 12.4 Å². The SMILES string of the molecule is O=P(O)(O)OCCCC=CF. The molecule has 66 valence electrons. The minimum Gasteiger partial charge on any atom is -0.303 e. The summed E-state index contributed by atoms with van der Waals surface area (Å²) in [7, 11) is -4.33.